The van der Waals surface area contributed by atoms with Gasteiger partial charge >= 0.3 is 0 Å². The van der Waals surface area contributed by atoms with Crippen LogP contribution >= 0.6 is 0 Å². The fourth-order valence-corrected chi connectivity index (χ4v) is 3.04. The Balaban J connectivity index is 1.98. The van der Waals surface area contributed by atoms with Crippen LogP contribution in [0.4, 0.5) is 0 Å². The molecular formula is C16H25N5. The Morgan fingerprint density at radius 1 is 1.33 bits per heavy atom. The van der Waals surface area contributed by atoms with Crippen LogP contribution in [-0.4, -0.2) is 47.2 Å². The van der Waals surface area contributed by atoms with Crippen molar-refractivity contribution in [1.82, 2.24) is 19.8 Å². The van der Waals surface area contributed by atoms with Crippen LogP contribution in [0, 0.1) is 6.92 Å². The third-order valence-electron chi connectivity index (χ3n) is 4.27. The van der Waals surface area contributed by atoms with Gasteiger partial charge in [0.15, 0.2) is 0 Å². The molecule has 0 bridgehead atoms. The Kier molecular flexibility index (Phi) is 4.24. The first-order valence-corrected chi connectivity index (χ1v) is 7.79. The zero-order chi connectivity index (χ0) is 14.8. The van der Waals surface area contributed by atoms with E-state index < -0.39 is 0 Å². The highest BCUT2D eigenvalue weighted by Gasteiger charge is 2.18. The zero-order valence-corrected chi connectivity index (χ0v) is 13.0. The summed E-state index contributed by atoms with van der Waals surface area (Å²) in [6.07, 6.45) is 0. The monoisotopic (exact) mass is 287 g/mol. The van der Waals surface area contributed by atoms with E-state index in [0.717, 1.165) is 44.1 Å². The molecule has 1 unspecified atom stereocenters. The number of nitrogens with one attached hydrogen (secondary N) is 1. The molecule has 5 heteroatoms. The van der Waals surface area contributed by atoms with Crippen molar-refractivity contribution in [3.8, 4) is 0 Å². The van der Waals surface area contributed by atoms with E-state index in [4.69, 9.17) is 10.7 Å². The molecule has 1 saturated heterocycles. The standard InChI is InChI=1S/C16H25N5/c1-12-3-4-15-14(9-12)19-16(21(15)13(2)10-17)11-20-7-5-18-6-8-20/h3-4,9,13,18H,5-8,10-11,17H2,1-2H3. The van der Waals surface area contributed by atoms with E-state index in [1.807, 2.05) is 0 Å². The number of piperazine rings is 1. The number of aryl methyl sites for hydroxylation is 1. The molecule has 5 nitrogen and oxygen atoms in total. The number of imidazole rings is 1. The quantitative estimate of drug-likeness (QED) is 0.889. The molecule has 0 saturated carbocycles. The van der Waals surface area contributed by atoms with Crippen LogP contribution in [0.3, 0.4) is 0 Å². The minimum absolute atomic E-state index is 0.274. The smallest absolute Gasteiger partial charge is 0.124 e. The molecule has 1 aliphatic rings. The van der Waals surface area contributed by atoms with Crippen LogP contribution < -0.4 is 11.1 Å². The van der Waals surface area contributed by atoms with Gasteiger partial charge in [0.05, 0.1) is 17.6 Å². The van der Waals surface area contributed by atoms with Crippen LogP contribution in [0.1, 0.15) is 24.4 Å². The average molecular weight is 287 g/mol. The van der Waals surface area contributed by atoms with Gasteiger partial charge in [-0.2, -0.15) is 0 Å². The third-order valence-corrected chi connectivity index (χ3v) is 4.27. The number of nitrogens with zero attached hydrogens (tertiary/aromatic N) is 3. The number of nitrogens with two attached hydrogens (primary N) is 1. The van der Waals surface area contributed by atoms with Crippen molar-refractivity contribution in [2.24, 2.45) is 5.73 Å². The van der Waals surface area contributed by atoms with E-state index >= 15 is 0 Å². The molecule has 1 aliphatic heterocycles. The molecule has 2 heterocycles. The van der Waals surface area contributed by atoms with Crippen molar-refractivity contribution >= 4 is 11.0 Å². The van der Waals surface area contributed by atoms with Crippen molar-refractivity contribution in [3.05, 3.63) is 29.6 Å². The number of rotatable bonds is 4. The van der Waals surface area contributed by atoms with Crippen molar-refractivity contribution in [3.63, 3.8) is 0 Å². The van der Waals surface area contributed by atoms with E-state index in [1.54, 1.807) is 0 Å². The molecule has 3 N–H and O–H groups in total. The summed E-state index contributed by atoms with van der Waals surface area (Å²) in [5.41, 5.74) is 9.45. The molecule has 0 amide bonds. The topological polar surface area (TPSA) is 59.1 Å². The number of benzene rings is 1. The van der Waals surface area contributed by atoms with Crippen molar-refractivity contribution in [1.29, 1.82) is 0 Å². The molecule has 1 atom stereocenters. The summed E-state index contributed by atoms with van der Waals surface area (Å²) in [5, 5.41) is 3.39. The summed E-state index contributed by atoms with van der Waals surface area (Å²) in [7, 11) is 0. The van der Waals surface area contributed by atoms with Gasteiger partial charge in [-0.25, -0.2) is 4.98 Å². The molecule has 114 valence electrons. The Labute approximate surface area is 126 Å². The molecule has 0 aliphatic carbocycles. The second kappa shape index (κ2) is 6.13. The summed E-state index contributed by atoms with van der Waals surface area (Å²) < 4.78 is 2.32. The number of hydrogen-bond acceptors (Lipinski definition) is 4. The van der Waals surface area contributed by atoms with Crippen LogP contribution in [0.25, 0.3) is 11.0 Å². The van der Waals surface area contributed by atoms with Gasteiger partial charge in [-0.15, -0.1) is 0 Å². The lowest BCUT2D eigenvalue weighted by Gasteiger charge is -2.27. The molecule has 0 radical (unpaired) electrons. The summed E-state index contributed by atoms with van der Waals surface area (Å²) in [5.74, 6) is 1.13. The van der Waals surface area contributed by atoms with Crippen molar-refractivity contribution in [2.45, 2.75) is 26.4 Å². The maximum Gasteiger partial charge on any atom is 0.124 e. The maximum absolute atomic E-state index is 5.91. The Morgan fingerprint density at radius 3 is 2.81 bits per heavy atom. The molecule has 1 aromatic heterocycles. The summed E-state index contributed by atoms with van der Waals surface area (Å²) in [6, 6.07) is 6.76. The van der Waals surface area contributed by atoms with Gasteiger partial charge < -0.3 is 15.6 Å². The molecular weight excluding hydrogens is 262 g/mol. The molecule has 2 aromatic rings. The first kappa shape index (κ1) is 14.5. The van der Waals surface area contributed by atoms with Gasteiger partial charge in [0.1, 0.15) is 5.82 Å². The maximum atomic E-state index is 5.91. The minimum atomic E-state index is 0.274. The fraction of sp³-hybridized carbons (Fsp3) is 0.562. The minimum Gasteiger partial charge on any atom is -0.328 e. The van der Waals surface area contributed by atoms with Crippen molar-refractivity contribution < 1.29 is 0 Å². The van der Waals surface area contributed by atoms with Gasteiger partial charge in [0.25, 0.3) is 0 Å². The number of aromatic nitrogens is 2. The van der Waals surface area contributed by atoms with Crippen LogP contribution in [0.15, 0.2) is 18.2 Å². The predicted octanol–water partition coefficient (Wildman–Crippen LogP) is 1.27. The van der Waals surface area contributed by atoms with E-state index in [-0.39, 0.29) is 6.04 Å². The molecule has 0 spiro atoms. The van der Waals surface area contributed by atoms with Gasteiger partial charge in [-0.3, -0.25) is 4.90 Å². The Bertz CT molecular complexity index is 612. The first-order chi connectivity index (χ1) is 10.2. The number of fused-ring (bicyclic) bond motifs is 1. The first-order valence-electron chi connectivity index (χ1n) is 7.79. The normalized spacial score (nSPS) is 18.2. The van der Waals surface area contributed by atoms with Gasteiger partial charge in [0.2, 0.25) is 0 Å². The zero-order valence-electron chi connectivity index (χ0n) is 13.0. The largest absolute Gasteiger partial charge is 0.328 e. The Morgan fingerprint density at radius 2 is 2.10 bits per heavy atom. The van der Waals surface area contributed by atoms with E-state index in [1.165, 1.54) is 11.1 Å². The molecule has 21 heavy (non-hydrogen) atoms. The fourth-order valence-electron chi connectivity index (χ4n) is 3.04. The highest BCUT2D eigenvalue weighted by molar-refractivity contribution is 5.77. The van der Waals surface area contributed by atoms with Crippen molar-refractivity contribution in [2.75, 3.05) is 32.7 Å². The van der Waals surface area contributed by atoms with E-state index in [0.29, 0.717) is 6.54 Å². The molecule has 1 fully saturated rings. The third kappa shape index (κ3) is 2.95. The summed E-state index contributed by atoms with van der Waals surface area (Å²) in [6.45, 7) is 10.1. The SMILES string of the molecule is Cc1ccc2c(c1)nc(CN1CCNCC1)n2C(C)CN. The highest BCUT2D eigenvalue weighted by Crippen LogP contribution is 2.23. The second-order valence-corrected chi connectivity index (χ2v) is 6.00. The lowest BCUT2D eigenvalue weighted by molar-refractivity contribution is 0.224. The van der Waals surface area contributed by atoms with Gasteiger partial charge in [-0.05, 0) is 31.5 Å². The predicted molar refractivity (Wildman–Crippen MR) is 86.4 cm³/mol. The van der Waals surface area contributed by atoms with Crippen LogP contribution in [-0.2, 0) is 6.54 Å². The van der Waals surface area contributed by atoms with Gasteiger partial charge in [0, 0.05) is 38.8 Å². The van der Waals surface area contributed by atoms with E-state index in [9.17, 15) is 0 Å². The van der Waals surface area contributed by atoms with E-state index in [2.05, 4.69) is 46.8 Å². The summed E-state index contributed by atoms with van der Waals surface area (Å²) >= 11 is 0. The highest BCUT2D eigenvalue weighted by atomic mass is 15.2. The lowest BCUT2D eigenvalue weighted by atomic mass is 10.2. The molecule has 3 rings (SSSR count). The lowest BCUT2D eigenvalue weighted by Crippen LogP contribution is -2.43. The summed E-state index contributed by atoms with van der Waals surface area (Å²) in [4.78, 5) is 7.34. The van der Waals surface area contributed by atoms with Crippen LogP contribution in [0.5, 0.6) is 0 Å². The second-order valence-electron chi connectivity index (χ2n) is 6.00. The molecule has 1 aromatic carbocycles. The average Bonchev–Trinajstić information content (AvgIpc) is 2.84. The van der Waals surface area contributed by atoms with Crippen LogP contribution in [0.2, 0.25) is 0 Å². The van der Waals surface area contributed by atoms with Gasteiger partial charge in [-0.1, -0.05) is 6.07 Å². The number of hydrogen-bond donors (Lipinski definition) is 2. The Hall–Kier alpha value is -1.43.